The Hall–Kier alpha value is -4.16. The van der Waals surface area contributed by atoms with Crippen LogP contribution in [0.3, 0.4) is 0 Å². The largest absolute Gasteiger partial charge is 0.462 e. The summed E-state index contributed by atoms with van der Waals surface area (Å²) in [6, 6.07) is 15.0. The number of hydrogen-bond acceptors (Lipinski definition) is 9. The number of H-pyrrole nitrogens is 1. The van der Waals surface area contributed by atoms with Crippen LogP contribution in [0.15, 0.2) is 82.5 Å². The van der Waals surface area contributed by atoms with Gasteiger partial charge < -0.3 is 14.0 Å². The van der Waals surface area contributed by atoms with Crippen molar-refractivity contribution >= 4 is 25.6 Å². The van der Waals surface area contributed by atoms with Crippen molar-refractivity contribution in [1.82, 2.24) is 14.6 Å². The maximum absolute atomic E-state index is 15.5. The fraction of sp³-hybridized carbons (Fsp3) is 0.355. The van der Waals surface area contributed by atoms with E-state index in [0.717, 1.165) is 22.4 Å². The molecule has 0 saturated carbocycles. The van der Waals surface area contributed by atoms with Gasteiger partial charge in [0.15, 0.2) is 17.7 Å². The Labute approximate surface area is 258 Å². The molecule has 3 aromatic rings. The van der Waals surface area contributed by atoms with Crippen LogP contribution < -0.4 is 20.9 Å². The zero-order valence-electron chi connectivity index (χ0n) is 25.2. The van der Waals surface area contributed by atoms with Gasteiger partial charge in [0.1, 0.15) is 11.8 Å². The second-order valence-corrected chi connectivity index (χ2v) is 12.7. The quantitative estimate of drug-likeness (QED) is 0.117. The van der Waals surface area contributed by atoms with Crippen molar-refractivity contribution < 1.29 is 37.1 Å². The number of halogens is 1. The lowest BCUT2D eigenvalue weighted by Gasteiger charge is -2.24. The normalized spacial score (nSPS) is 21.8. The number of carbonyl (C=O) groups excluding carboxylic acids is 2. The zero-order chi connectivity index (χ0) is 32.8. The number of rotatable bonds is 13. The van der Waals surface area contributed by atoms with E-state index in [-0.39, 0.29) is 18.0 Å². The summed E-state index contributed by atoms with van der Waals surface area (Å²) in [4.78, 5) is 50.9. The van der Waals surface area contributed by atoms with Crippen LogP contribution >= 0.6 is 7.75 Å². The number of aromatic amines is 1. The molecule has 45 heavy (non-hydrogen) atoms. The highest BCUT2D eigenvalue weighted by atomic mass is 31.2. The third kappa shape index (κ3) is 9.18. The van der Waals surface area contributed by atoms with E-state index in [4.69, 9.17) is 18.5 Å². The van der Waals surface area contributed by atoms with Gasteiger partial charge >= 0.3 is 19.4 Å². The third-order valence-corrected chi connectivity index (χ3v) is 8.29. The average Bonchev–Trinajstić information content (AvgIpc) is 3.29. The lowest BCUT2D eigenvalue weighted by atomic mass is 10.0. The van der Waals surface area contributed by atoms with Gasteiger partial charge in [-0.25, -0.2) is 13.8 Å². The smallest absolute Gasteiger partial charge is 0.459 e. The number of carbonyl (C=O) groups is 2. The highest BCUT2D eigenvalue weighted by Crippen LogP contribution is 2.47. The molecule has 240 valence electrons. The molecule has 0 radical (unpaired) electrons. The number of alkyl halides is 1. The van der Waals surface area contributed by atoms with Gasteiger partial charge in [-0.15, -0.1) is 0 Å². The molecule has 1 unspecified atom stereocenters. The fourth-order valence-electron chi connectivity index (χ4n) is 4.53. The van der Waals surface area contributed by atoms with Gasteiger partial charge in [0, 0.05) is 24.2 Å². The van der Waals surface area contributed by atoms with Crippen molar-refractivity contribution in [3.05, 3.63) is 105 Å². The monoisotopic (exact) mass is 643 g/mol. The molecule has 2 N–H and O–H groups in total. The second kappa shape index (κ2) is 14.3. The maximum atomic E-state index is 15.5. The molecule has 1 saturated heterocycles. The number of benzene rings is 2. The minimum atomic E-state index is -4.36. The van der Waals surface area contributed by atoms with Gasteiger partial charge in [-0.05, 0) is 63.6 Å². The number of hydrogen-bond donors (Lipinski definition) is 2. The summed E-state index contributed by atoms with van der Waals surface area (Å²) in [5.41, 5.74) is -2.36. The Morgan fingerprint density at radius 2 is 1.82 bits per heavy atom. The highest BCUT2D eigenvalue weighted by Gasteiger charge is 2.48. The van der Waals surface area contributed by atoms with Gasteiger partial charge in [0.25, 0.3) is 5.56 Å². The number of ether oxygens (including phenoxy) is 2. The standard InChI is InChI=1S/C31H35FN3O9P/c1-20(2)42-28(38)21(3)34-45(40,41-19-25-18-31(4,32)29(43-25)35-17-16-27(37)33-30(35)39)44-24-13-11-23(12-14-24)26(36)15-10-22-8-6-5-7-9-22/h5-17,20-21,25,29H,18-19H2,1-4H3,(H,34,40)(H,33,37,39)/b15-10+/t21-,25-,29+,31+,45?/m0/s1. The SMILES string of the molecule is CC(C)OC(=O)[C@H](C)NP(=O)(OC[C@@H]1C[C@@](C)(F)[C@H](n2ccc(=O)[nH]c2=O)O1)Oc1ccc(C(=O)/C=C/c2ccccc2)cc1. The first-order valence-corrected chi connectivity index (χ1v) is 15.7. The predicted molar refractivity (Wildman–Crippen MR) is 164 cm³/mol. The lowest BCUT2D eigenvalue weighted by molar-refractivity contribution is -0.149. The van der Waals surface area contributed by atoms with Crippen molar-refractivity contribution in [1.29, 1.82) is 0 Å². The van der Waals surface area contributed by atoms with E-state index in [0.29, 0.717) is 5.56 Å². The number of nitrogens with zero attached hydrogens (tertiary/aromatic N) is 1. The molecule has 1 aliphatic heterocycles. The van der Waals surface area contributed by atoms with Crippen LogP contribution in [-0.2, 0) is 23.4 Å². The minimum Gasteiger partial charge on any atom is -0.462 e. The van der Waals surface area contributed by atoms with Gasteiger partial charge in [0.2, 0.25) is 0 Å². The van der Waals surface area contributed by atoms with Crippen molar-refractivity contribution in [3.63, 3.8) is 0 Å². The molecule has 2 heterocycles. The van der Waals surface area contributed by atoms with Gasteiger partial charge in [-0.2, -0.15) is 5.09 Å². The lowest BCUT2D eigenvalue weighted by Crippen LogP contribution is -2.38. The molecule has 0 amide bonds. The maximum Gasteiger partial charge on any atom is 0.459 e. The van der Waals surface area contributed by atoms with Crippen LogP contribution in [0.25, 0.3) is 6.08 Å². The van der Waals surface area contributed by atoms with Crippen molar-refractivity contribution in [2.24, 2.45) is 0 Å². The fourth-order valence-corrected chi connectivity index (χ4v) is 6.05. The summed E-state index contributed by atoms with van der Waals surface area (Å²) in [6.45, 7) is 5.50. The first-order chi connectivity index (χ1) is 21.2. The van der Waals surface area contributed by atoms with Crippen LogP contribution in [0, 0.1) is 0 Å². The number of esters is 1. The molecule has 5 atom stereocenters. The second-order valence-electron chi connectivity index (χ2n) is 11.0. The van der Waals surface area contributed by atoms with E-state index in [2.05, 4.69) is 10.1 Å². The topological polar surface area (TPSA) is 155 Å². The summed E-state index contributed by atoms with van der Waals surface area (Å²) in [6.07, 6.45) is 1.16. The number of aromatic nitrogens is 2. The molecule has 1 fully saturated rings. The summed E-state index contributed by atoms with van der Waals surface area (Å²) in [5, 5.41) is 2.54. The van der Waals surface area contributed by atoms with Gasteiger partial charge in [0.05, 0.1) is 18.8 Å². The molecule has 12 nitrogen and oxygen atoms in total. The predicted octanol–water partition coefficient (Wildman–Crippen LogP) is 4.58. The summed E-state index contributed by atoms with van der Waals surface area (Å²) in [5.74, 6) is -0.925. The number of nitrogens with one attached hydrogen (secondary N) is 2. The van der Waals surface area contributed by atoms with Crippen molar-refractivity contribution in [3.8, 4) is 5.75 Å². The Morgan fingerprint density at radius 1 is 1.13 bits per heavy atom. The van der Waals surface area contributed by atoms with Gasteiger partial charge in [-0.1, -0.05) is 36.4 Å². The van der Waals surface area contributed by atoms with E-state index in [1.807, 2.05) is 30.3 Å². The molecule has 0 aliphatic carbocycles. The average molecular weight is 644 g/mol. The van der Waals surface area contributed by atoms with Crippen LogP contribution in [0.4, 0.5) is 4.39 Å². The van der Waals surface area contributed by atoms with Crippen LogP contribution in [-0.4, -0.2) is 51.8 Å². The first kappa shape index (κ1) is 33.7. The van der Waals surface area contributed by atoms with Crippen molar-refractivity contribution in [2.75, 3.05) is 6.61 Å². The Morgan fingerprint density at radius 3 is 2.47 bits per heavy atom. The molecule has 1 aromatic heterocycles. The molecule has 0 bridgehead atoms. The molecular formula is C31H35FN3O9P. The molecule has 14 heteroatoms. The van der Waals surface area contributed by atoms with E-state index in [1.54, 1.807) is 19.9 Å². The van der Waals surface area contributed by atoms with Crippen molar-refractivity contribution in [2.45, 2.75) is 64.3 Å². The third-order valence-electron chi connectivity index (χ3n) is 6.65. The Balaban J connectivity index is 1.49. The highest BCUT2D eigenvalue weighted by molar-refractivity contribution is 7.52. The minimum absolute atomic E-state index is 0.0548. The van der Waals surface area contributed by atoms with E-state index >= 15 is 4.39 Å². The molecular weight excluding hydrogens is 608 g/mol. The summed E-state index contributed by atoms with van der Waals surface area (Å²) < 4.78 is 52.6. The van der Waals surface area contributed by atoms with Crippen LogP contribution in [0.2, 0.25) is 0 Å². The van der Waals surface area contributed by atoms with Gasteiger partial charge in [-0.3, -0.25) is 28.5 Å². The first-order valence-electron chi connectivity index (χ1n) is 14.2. The number of ketones is 1. The summed E-state index contributed by atoms with van der Waals surface area (Å²) >= 11 is 0. The van der Waals surface area contributed by atoms with Crippen LogP contribution in [0.1, 0.15) is 56.3 Å². The van der Waals surface area contributed by atoms with Crippen LogP contribution in [0.5, 0.6) is 5.75 Å². The molecule has 2 aromatic carbocycles. The number of allylic oxidation sites excluding steroid dienone is 1. The molecule has 0 spiro atoms. The Bertz CT molecular complexity index is 1690. The van der Waals surface area contributed by atoms with E-state index in [1.165, 1.54) is 44.2 Å². The molecule has 1 aliphatic rings. The Kier molecular flexibility index (Phi) is 10.7. The van der Waals surface area contributed by atoms with E-state index in [9.17, 15) is 23.7 Å². The van der Waals surface area contributed by atoms with E-state index < -0.39 is 61.7 Å². The summed E-state index contributed by atoms with van der Waals surface area (Å²) in [7, 11) is -4.36. The molecule has 4 rings (SSSR count). The zero-order valence-corrected chi connectivity index (χ0v) is 26.1.